The molecular weight excluding hydrogens is 302 g/mol. The third-order valence-electron chi connectivity index (χ3n) is 4.18. The first kappa shape index (κ1) is 14.6. The van der Waals surface area contributed by atoms with Crippen molar-refractivity contribution in [2.24, 2.45) is 5.92 Å². The molecule has 1 aliphatic rings. The van der Waals surface area contributed by atoms with Crippen LogP contribution in [0.3, 0.4) is 0 Å². The lowest BCUT2D eigenvalue weighted by atomic mass is 10.1. The highest BCUT2D eigenvalue weighted by Gasteiger charge is 2.22. The molecule has 1 N–H and O–H groups in total. The van der Waals surface area contributed by atoms with Crippen LogP contribution >= 0.6 is 0 Å². The number of hydrogen-bond acceptors (Lipinski definition) is 4. The van der Waals surface area contributed by atoms with Gasteiger partial charge in [0.05, 0.1) is 17.8 Å². The molecule has 1 saturated heterocycles. The maximum Gasteiger partial charge on any atom is 0.220 e. The number of benzene rings is 1. The Labute approximate surface area is 139 Å². The fourth-order valence-corrected chi connectivity index (χ4v) is 2.94. The molecule has 0 saturated carbocycles. The summed E-state index contributed by atoms with van der Waals surface area (Å²) in [6.45, 7) is 1.18. The highest BCUT2D eigenvalue weighted by molar-refractivity contribution is 5.89. The van der Waals surface area contributed by atoms with Crippen molar-refractivity contribution in [1.29, 1.82) is 0 Å². The normalized spacial score (nSPS) is 17.0. The van der Waals surface area contributed by atoms with Crippen molar-refractivity contribution < 1.29 is 9.53 Å². The van der Waals surface area contributed by atoms with E-state index in [4.69, 9.17) is 4.74 Å². The summed E-state index contributed by atoms with van der Waals surface area (Å²) in [6.07, 6.45) is 4.07. The molecular formula is C19H17N3O2. The second-order valence-corrected chi connectivity index (χ2v) is 5.94. The fraction of sp³-hybridized carbons (Fsp3) is 0.211. The number of hydrogen-bond donors (Lipinski definition) is 1. The van der Waals surface area contributed by atoms with E-state index in [1.54, 1.807) is 12.4 Å². The molecule has 1 fully saturated rings. The maximum atomic E-state index is 11.3. The molecule has 24 heavy (non-hydrogen) atoms. The predicted molar refractivity (Wildman–Crippen MR) is 91.6 cm³/mol. The predicted octanol–water partition coefficient (Wildman–Crippen LogP) is 2.81. The number of carbonyl (C=O) groups is 1. The average molecular weight is 319 g/mol. The molecule has 5 heteroatoms. The van der Waals surface area contributed by atoms with Gasteiger partial charge in [-0.05, 0) is 36.4 Å². The summed E-state index contributed by atoms with van der Waals surface area (Å²) in [5.74, 6) is 1.08. The van der Waals surface area contributed by atoms with Gasteiger partial charge in [-0.3, -0.25) is 14.8 Å². The number of pyridine rings is 2. The summed E-state index contributed by atoms with van der Waals surface area (Å²) in [5.41, 5.74) is 2.72. The van der Waals surface area contributed by atoms with E-state index in [0.717, 1.165) is 27.9 Å². The van der Waals surface area contributed by atoms with E-state index in [9.17, 15) is 4.79 Å². The van der Waals surface area contributed by atoms with Crippen LogP contribution in [-0.4, -0.2) is 29.0 Å². The van der Waals surface area contributed by atoms with Gasteiger partial charge in [0.1, 0.15) is 5.75 Å². The maximum absolute atomic E-state index is 11.3. The summed E-state index contributed by atoms with van der Waals surface area (Å²) in [7, 11) is 0. The van der Waals surface area contributed by atoms with E-state index in [-0.39, 0.29) is 11.8 Å². The smallest absolute Gasteiger partial charge is 0.220 e. The average Bonchev–Trinajstić information content (AvgIpc) is 3.05. The second-order valence-electron chi connectivity index (χ2n) is 5.94. The number of ether oxygens (including phenoxy) is 1. The lowest BCUT2D eigenvalue weighted by Gasteiger charge is -2.14. The Bertz CT molecular complexity index is 880. The van der Waals surface area contributed by atoms with Gasteiger partial charge in [-0.25, -0.2) is 0 Å². The molecule has 3 aromatic rings. The molecule has 3 heterocycles. The Kier molecular flexibility index (Phi) is 3.83. The highest BCUT2D eigenvalue weighted by atomic mass is 16.5. The zero-order valence-electron chi connectivity index (χ0n) is 13.1. The van der Waals surface area contributed by atoms with Gasteiger partial charge in [-0.2, -0.15) is 0 Å². The molecule has 0 spiro atoms. The van der Waals surface area contributed by atoms with E-state index in [0.29, 0.717) is 19.6 Å². The first-order valence-electron chi connectivity index (χ1n) is 7.99. The van der Waals surface area contributed by atoms with Crippen LogP contribution in [0.1, 0.15) is 6.42 Å². The lowest BCUT2D eigenvalue weighted by Crippen LogP contribution is -2.16. The molecule has 5 nitrogen and oxygen atoms in total. The van der Waals surface area contributed by atoms with Crippen molar-refractivity contribution in [3.05, 3.63) is 54.9 Å². The van der Waals surface area contributed by atoms with Crippen molar-refractivity contribution in [3.8, 4) is 17.0 Å². The van der Waals surface area contributed by atoms with E-state index < -0.39 is 0 Å². The van der Waals surface area contributed by atoms with Crippen LogP contribution in [0.25, 0.3) is 22.2 Å². The van der Waals surface area contributed by atoms with Crippen LogP contribution in [0.15, 0.2) is 54.9 Å². The zero-order valence-corrected chi connectivity index (χ0v) is 13.1. The second kappa shape index (κ2) is 6.28. The molecule has 1 amide bonds. The van der Waals surface area contributed by atoms with E-state index in [1.165, 1.54) is 0 Å². The minimum absolute atomic E-state index is 0.0948. The van der Waals surface area contributed by atoms with Gasteiger partial charge in [0.25, 0.3) is 0 Å². The number of nitrogens with one attached hydrogen (secondary N) is 1. The fourth-order valence-electron chi connectivity index (χ4n) is 2.94. The number of amides is 1. The summed E-state index contributed by atoms with van der Waals surface area (Å²) in [4.78, 5) is 20.2. The van der Waals surface area contributed by atoms with Crippen molar-refractivity contribution in [2.75, 3.05) is 13.2 Å². The standard InChI is InChI=1S/C19H17N3O2/c23-19-8-13(11-22-19)12-24-18-10-14(16-5-1-2-6-20-16)9-17-15(18)4-3-7-21-17/h1-7,9-10,13H,8,11-12H2,(H,22,23)/t13-/m1/s1. The first-order valence-corrected chi connectivity index (χ1v) is 7.99. The summed E-state index contributed by atoms with van der Waals surface area (Å²) >= 11 is 0. The van der Waals surface area contributed by atoms with Crippen molar-refractivity contribution >= 4 is 16.8 Å². The molecule has 4 rings (SSSR count). The minimum atomic E-state index is 0.0948. The summed E-state index contributed by atoms with van der Waals surface area (Å²) < 4.78 is 6.05. The quantitative estimate of drug-likeness (QED) is 0.803. The Morgan fingerprint density at radius 2 is 2.04 bits per heavy atom. The first-order chi connectivity index (χ1) is 11.8. The van der Waals surface area contributed by atoms with Crippen molar-refractivity contribution in [1.82, 2.24) is 15.3 Å². The Morgan fingerprint density at radius 1 is 1.12 bits per heavy atom. The van der Waals surface area contributed by atoms with Crippen LogP contribution in [0, 0.1) is 5.92 Å². The number of rotatable bonds is 4. The SMILES string of the molecule is O=C1C[C@@H](COc2cc(-c3ccccn3)cc3ncccc23)CN1. The topological polar surface area (TPSA) is 64.1 Å². The number of aromatic nitrogens is 2. The monoisotopic (exact) mass is 319 g/mol. The van der Waals surface area contributed by atoms with Crippen LogP contribution in [0.4, 0.5) is 0 Å². The van der Waals surface area contributed by atoms with E-state index in [2.05, 4.69) is 15.3 Å². The highest BCUT2D eigenvalue weighted by Crippen LogP contribution is 2.31. The van der Waals surface area contributed by atoms with Gasteiger partial charge in [0, 0.05) is 42.2 Å². The van der Waals surface area contributed by atoms with Gasteiger partial charge in [0.2, 0.25) is 5.91 Å². The van der Waals surface area contributed by atoms with Crippen LogP contribution in [0.5, 0.6) is 5.75 Å². The molecule has 1 aromatic carbocycles. The molecule has 120 valence electrons. The summed E-state index contributed by atoms with van der Waals surface area (Å²) in [6, 6.07) is 13.7. The largest absolute Gasteiger partial charge is 0.492 e. The number of fused-ring (bicyclic) bond motifs is 1. The molecule has 0 unspecified atom stereocenters. The van der Waals surface area contributed by atoms with Gasteiger partial charge < -0.3 is 10.1 Å². The zero-order chi connectivity index (χ0) is 16.4. The molecule has 0 bridgehead atoms. The van der Waals surface area contributed by atoms with Gasteiger partial charge in [-0.15, -0.1) is 0 Å². The third kappa shape index (κ3) is 2.93. The van der Waals surface area contributed by atoms with Gasteiger partial charge in [0.15, 0.2) is 0 Å². The molecule has 1 aliphatic heterocycles. The summed E-state index contributed by atoms with van der Waals surface area (Å²) in [5, 5.41) is 3.81. The van der Waals surface area contributed by atoms with Gasteiger partial charge in [-0.1, -0.05) is 6.07 Å². The molecule has 1 atom stereocenters. The van der Waals surface area contributed by atoms with Gasteiger partial charge >= 0.3 is 0 Å². The Hall–Kier alpha value is -2.95. The molecule has 2 aromatic heterocycles. The molecule has 0 radical (unpaired) electrons. The van der Waals surface area contributed by atoms with E-state index >= 15 is 0 Å². The minimum Gasteiger partial charge on any atom is -0.492 e. The van der Waals surface area contributed by atoms with Crippen molar-refractivity contribution in [3.63, 3.8) is 0 Å². The Balaban J connectivity index is 1.68. The van der Waals surface area contributed by atoms with Crippen LogP contribution in [-0.2, 0) is 4.79 Å². The number of nitrogens with zero attached hydrogens (tertiary/aromatic N) is 2. The van der Waals surface area contributed by atoms with Crippen LogP contribution < -0.4 is 10.1 Å². The third-order valence-corrected chi connectivity index (χ3v) is 4.18. The van der Waals surface area contributed by atoms with E-state index in [1.807, 2.05) is 42.5 Å². The molecule has 0 aliphatic carbocycles. The lowest BCUT2D eigenvalue weighted by molar-refractivity contribution is -0.119. The number of carbonyl (C=O) groups excluding carboxylic acids is 1. The Morgan fingerprint density at radius 3 is 2.83 bits per heavy atom. The van der Waals surface area contributed by atoms with Crippen LogP contribution in [0.2, 0.25) is 0 Å². The van der Waals surface area contributed by atoms with Crippen molar-refractivity contribution in [2.45, 2.75) is 6.42 Å².